The lowest BCUT2D eigenvalue weighted by Crippen LogP contribution is -1.99. The van der Waals surface area contributed by atoms with Crippen LogP contribution in [0.15, 0.2) is 48.5 Å². The maximum absolute atomic E-state index is 6.16. The van der Waals surface area contributed by atoms with Crippen molar-refractivity contribution in [3.63, 3.8) is 0 Å². The predicted molar refractivity (Wildman–Crippen MR) is 93.6 cm³/mol. The van der Waals surface area contributed by atoms with Gasteiger partial charge in [-0.1, -0.05) is 36.4 Å². The Labute approximate surface area is 129 Å². The fraction of sp³-hybridized carbons (Fsp3) is 0.158. The first-order valence-corrected chi connectivity index (χ1v) is 7.50. The molecule has 2 aromatic carbocycles. The van der Waals surface area contributed by atoms with E-state index in [0.717, 1.165) is 5.82 Å². The van der Waals surface area contributed by atoms with Gasteiger partial charge in [0.05, 0.1) is 22.2 Å². The summed E-state index contributed by atoms with van der Waals surface area (Å²) in [4.78, 5) is 0. The van der Waals surface area contributed by atoms with Gasteiger partial charge < -0.3 is 14.9 Å². The van der Waals surface area contributed by atoms with Gasteiger partial charge in [0.15, 0.2) is 0 Å². The van der Waals surface area contributed by atoms with Crippen molar-refractivity contribution < 1.29 is 0 Å². The summed E-state index contributed by atoms with van der Waals surface area (Å²) in [6.45, 7) is 4.32. The Bertz CT molecular complexity index is 998. The molecule has 3 heteroatoms. The number of hydrogen-bond donors (Lipinski definition) is 1. The summed E-state index contributed by atoms with van der Waals surface area (Å²) >= 11 is 0. The number of benzene rings is 2. The second-order valence-corrected chi connectivity index (χ2v) is 5.96. The van der Waals surface area contributed by atoms with Gasteiger partial charge in [-0.3, -0.25) is 0 Å². The number of hydrogen-bond acceptors (Lipinski definition) is 1. The van der Waals surface area contributed by atoms with Gasteiger partial charge in [-0.15, -0.1) is 0 Å². The molecule has 0 bridgehead atoms. The zero-order chi connectivity index (χ0) is 15.4. The largest absolute Gasteiger partial charge is 0.385 e. The first-order valence-electron chi connectivity index (χ1n) is 7.50. The van der Waals surface area contributed by atoms with Crippen LogP contribution in [0.5, 0.6) is 0 Å². The van der Waals surface area contributed by atoms with Gasteiger partial charge in [-0.05, 0) is 31.0 Å². The monoisotopic (exact) mass is 289 g/mol. The Kier molecular flexibility index (Phi) is 2.61. The third-order valence-electron chi connectivity index (χ3n) is 4.55. The van der Waals surface area contributed by atoms with Gasteiger partial charge in [0.1, 0.15) is 5.82 Å². The predicted octanol–water partition coefficient (Wildman–Crippen LogP) is 4.32. The molecule has 0 unspecified atom stereocenters. The van der Waals surface area contributed by atoms with Gasteiger partial charge in [0.2, 0.25) is 0 Å². The SMILES string of the molecule is Cc1cccc(C)c1-n1c2ccccc2c2c1cc(N)n2C. The molecular formula is C19H19N3. The van der Waals surface area contributed by atoms with Crippen LogP contribution in [0.1, 0.15) is 11.1 Å². The summed E-state index contributed by atoms with van der Waals surface area (Å²) in [5.74, 6) is 0.788. The van der Waals surface area contributed by atoms with Crippen molar-refractivity contribution in [2.75, 3.05) is 5.73 Å². The minimum Gasteiger partial charge on any atom is -0.385 e. The molecule has 0 amide bonds. The van der Waals surface area contributed by atoms with E-state index in [-0.39, 0.29) is 0 Å². The summed E-state index contributed by atoms with van der Waals surface area (Å²) in [6, 6.07) is 17.0. The average Bonchev–Trinajstić information content (AvgIpc) is 2.95. The highest BCUT2D eigenvalue weighted by Gasteiger charge is 2.18. The van der Waals surface area contributed by atoms with Gasteiger partial charge >= 0.3 is 0 Å². The van der Waals surface area contributed by atoms with Crippen LogP contribution in [0.3, 0.4) is 0 Å². The van der Waals surface area contributed by atoms with Crippen molar-refractivity contribution in [3.05, 3.63) is 59.7 Å². The van der Waals surface area contributed by atoms with E-state index in [1.807, 2.05) is 7.05 Å². The van der Waals surface area contributed by atoms with Crippen LogP contribution in [-0.4, -0.2) is 9.13 Å². The lowest BCUT2D eigenvalue weighted by molar-refractivity contribution is 0.987. The maximum atomic E-state index is 6.16. The Hall–Kier alpha value is -2.68. The zero-order valence-electron chi connectivity index (χ0n) is 13.1. The number of aryl methyl sites for hydroxylation is 3. The molecular weight excluding hydrogens is 270 g/mol. The molecule has 0 aliphatic heterocycles. The highest BCUT2D eigenvalue weighted by molar-refractivity contribution is 6.09. The standard InChI is InChI=1S/C19H19N3/c1-12-7-6-8-13(2)18(12)22-15-10-5-4-9-14(15)19-16(22)11-17(20)21(19)3/h4-11H,20H2,1-3H3. The summed E-state index contributed by atoms with van der Waals surface area (Å²) in [5, 5.41) is 1.24. The van der Waals surface area contributed by atoms with Gasteiger partial charge in [0, 0.05) is 18.5 Å². The van der Waals surface area contributed by atoms with Gasteiger partial charge in [0.25, 0.3) is 0 Å². The quantitative estimate of drug-likeness (QED) is 0.556. The van der Waals surface area contributed by atoms with Crippen molar-refractivity contribution >= 4 is 27.8 Å². The van der Waals surface area contributed by atoms with Crippen molar-refractivity contribution in [2.45, 2.75) is 13.8 Å². The number of nitrogens with zero attached hydrogens (tertiary/aromatic N) is 2. The van der Waals surface area contributed by atoms with Crippen LogP contribution in [0, 0.1) is 13.8 Å². The van der Waals surface area contributed by atoms with Crippen LogP contribution >= 0.6 is 0 Å². The molecule has 110 valence electrons. The van der Waals surface area contributed by atoms with Crippen molar-refractivity contribution in [2.24, 2.45) is 7.05 Å². The van der Waals surface area contributed by atoms with E-state index in [9.17, 15) is 0 Å². The van der Waals surface area contributed by atoms with Crippen LogP contribution < -0.4 is 5.73 Å². The maximum Gasteiger partial charge on any atom is 0.105 e. The molecule has 4 rings (SSSR count). The molecule has 0 aliphatic carbocycles. The topological polar surface area (TPSA) is 35.9 Å². The molecule has 2 N–H and O–H groups in total. The normalized spacial score (nSPS) is 11.6. The first-order chi connectivity index (χ1) is 10.6. The van der Waals surface area contributed by atoms with Crippen LogP contribution in [-0.2, 0) is 7.05 Å². The van der Waals surface area contributed by atoms with Crippen molar-refractivity contribution in [1.82, 2.24) is 9.13 Å². The number of nitrogens with two attached hydrogens (primary N) is 1. The molecule has 0 atom stereocenters. The van der Waals surface area contributed by atoms with E-state index in [2.05, 4.69) is 71.5 Å². The fourth-order valence-electron chi connectivity index (χ4n) is 3.49. The Balaban J connectivity index is 2.28. The summed E-state index contributed by atoms with van der Waals surface area (Å²) in [6.07, 6.45) is 0. The number of aromatic nitrogens is 2. The number of fused-ring (bicyclic) bond motifs is 3. The van der Waals surface area contributed by atoms with Gasteiger partial charge in [-0.2, -0.15) is 0 Å². The lowest BCUT2D eigenvalue weighted by atomic mass is 10.1. The van der Waals surface area contributed by atoms with Crippen molar-refractivity contribution in [3.8, 4) is 5.69 Å². The van der Waals surface area contributed by atoms with Crippen LogP contribution in [0.2, 0.25) is 0 Å². The molecule has 22 heavy (non-hydrogen) atoms. The molecule has 0 saturated carbocycles. The number of rotatable bonds is 1. The molecule has 2 aromatic heterocycles. The minimum absolute atomic E-state index is 0.788. The third-order valence-corrected chi connectivity index (χ3v) is 4.55. The minimum atomic E-state index is 0.788. The van der Waals surface area contributed by atoms with E-state index >= 15 is 0 Å². The number of nitrogen functional groups attached to an aromatic ring is 1. The van der Waals surface area contributed by atoms with Crippen molar-refractivity contribution in [1.29, 1.82) is 0 Å². The lowest BCUT2D eigenvalue weighted by Gasteiger charge is -2.13. The van der Waals surface area contributed by atoms with E-state index in [0.29, 0.717) is 0 Å². The molecule has 4 aromatic rings. The van der Waals surface area contributed by atoms with E-state index in [4.69, 9.17) is 5.73 Å². The Morgan fingerprint density at radius 2 is 1.55 bits per heavy atom. The third kappa shape index (κ3) is 1.56. The smallest absolute Gasteiger partial charge is 0.105 e. The highest BCUT2D eigenvalue weighted by Crippen LogP contribution is 2.36. The Morgan fingerprint density at radius 1 is 0.864 bits per heavy atom. The highest BCUT2D eigenvalue weighted by atomic mass is 15.1. The molecule has 3 nitrogen and oxygen atoms in total. The molecule has 0 aliphatic rings. The van der Waals surface area contributed by atoms with E-state index < -0.39 is 0 Å². The molecule has 0 radical (unpaired) electrons. The first kappa shape index (κ1) is 13.0. The molecule has 0 fully saturated rings. The molecule has 2 heterocycles. The van der Waals surface area contributed by atoms with Crippen LogP contribution in [0.4, 0.5) is 5.82 Å². The summed E-state index contributed by atoms with van der Waals surface area (Å²) in [5.41, 5.74) is 13.5. The number of anilines is 1. The summed E-state index contributed by atoms with van der Waals surface area (Å²) < 4.78 is 4.41. The fourth-order valence-corrected chi connectivity index (χ4v) is 3.49. The second kappa shape index (κ2) is 4.41. The van der Waals surface area contributed by atoms with Crippen LogP contribution in [0.25, 0.3) is 27.6 Å². The number of para-hydroxylation sites is 2. The van der Waals surface area contributed by atoms with Gasteiger partial charge in [-0.25, -0.2) is 0 Å². The summed E-state index contributed by atoms with van der Waals surface area (Å²) in [7, 11) is 2.03. The zero-order valence-corrected chi connectivity index (χ0v) is 13.1. The second-order valence-electron chi connectivity index (χ2n) is 5.96. The van der Waals surface area contributed by atoms with E-state index in [1.54, 1.807) is 0 Å². The van der Waals surface area contributed by atoms with E-state index in [1.165, 1.54) is 38.8 Å². The average molecular weight is 289 g/mol. The molecule has 0 saturated heterocycles. The Morgan fingerprint density at radius 3 is 2.27 bits per heavy atom. The molecule has 0 spiro atoms.